The minimum atomic E-state index is -0.475. The third-order valence-electron chi connectivity index (χ3n) is 3.12. The highest BCUT2D eigenvalue weighted by atomic mass is 35.5. The number of ether oxygens (including phenoxy) is 1. The van der Waals surface area contributed by atoms with Crippen LogP contribution in [0.5, 0.6) is 0 Å². The van der Waals surface area contributed by atoms with Gasteiger partial charge in [-0.3, -0.25) is 0 Å². The number of hydrogen-bond acceptors (Lipinski definition) is 5. The van der Waals surface area contributed by atoms with Crippen LogP contribution in [0.4, 0.5) is 10.7 Å². The van der Waals surface area contributed by atoms with Crippen molar-refractivity contribution in [2.45, 2.75) is 45.3 Å². The summed E-state index contributed by atoms with van der Waals surface area (Å²) in [5, 5.41) is 3.63. The Balaban J connectivity index is 1.90. The Morgan fingerprint density at radius 3 is 2.76 bits per heavy atom. The van der Waals surface area contributed by atoms with E-state index in [0.717, 1.165) is 19.4 Å². The van der Waals surface area contributed by atoms with Gasteiger partial charge in [0.2, 0.25) is 5.95 Å². The van der Waals surface area contributed by atoms with Crippen molar-refractivity contribution in [3.63, 3.8) is 0 Å². The number of carbonyl (C=O) groups excluding carboxylic acids is 1. The standard InChI is InChI=1S/C14H21ClN4O2/c1-14(2,3)21-13(20)19-6-4-5-11(19)9-18-12-16-7-10(15)8-17-12/h7-8,11H,4-6,9H2,1-3H3,(H,16,17,18)/t11-/m1/s1. The number of rotatable bonds is 3. The molecule has 2 rings (SSSR count). The number of amides is 1. The fraction of sp³-hybridized carbons (Fsp3) is 0.643. The van der Waals surface area contributed by atoms with Crippen molar-refractivity contribution in [3.05, 3.63) is 17.4 Å². The number of nitrogens with one attached hydrogen (secondary N) is 1. The molecule has 0 bridgehead atoms. The zero-order valence-electron chi connectivity index (χ0n) is 12.6. The second-order valence-corrected chi connectivity index (χ2v) is 6.51. The van der Waals surface area contributed by atoms with Crippen molar-refractivity contribution >= 4 is 23.6 Å². The maximum absolute atomic E-state index is 12.2. The molecule has 116 valence electrons. The summed E-state index contributed by atoms with van der Waals surface area (Å²) in [4.78, 5) is 22.1. The minimum Gasteiger partial charge on any atom is -0.444 e. The van der Waals surface area contributed by atoms with Crippen LogP contribution in [0, 0.1) is 0 Å². The highest BCUT2D eigenvalue weighted by molar-refractivity contribution is 6.30. The molecule has 1 N–H and O–H groups in total. The molecule has 1 atom stereocenters. The second-order valence-electron chi connectivity index (χ2n) is 6.08. The lowest BCUT2D eigenvalue weighted by molar-refractivity contribution is 0.0235. The van der Waals surface area contributed by atoms with Gasteiger partial charge >= 0.3 is 6.09 Å². The summed E-state index contributed by atoms with van der Waals surface area (Å²) in [6.07, 6.45) is 4.74. The van der Waals surface area contributed by atoms with Crippen molar-refractivity contribution < 1.29 is 9.53 Å². The predicted molar refractivity (Wildman–Crippen MR) is 81.5 cm³/mol. The van der Waals surface area contributed by atoms with E-state index in [2.05, 4.69) is 15.3 Å². The van der Waals surface area contributed by atoms with Crippen molar-refractivity contribution in [3.8, 4) is 0 Å². The molecule has 1 aromatic heterocycles. The highest BCUT2D eigenvalue weighted by Gasteiger charge is 2.31. The Hall–Kier alpha value is -1.56. The van der Waals surface area contributed by atoms with Crippen LogP contribution in [-0.2, 0) is 4.74 Å². The third-order valence-corrected chi connectivity index (χ3v) is 3.32. The molecule has 1 saturated heterocycles. The first-order chi connectivity index (χ1) is 9.85. The van der Waals surface area contributed by atoms with Gasteiger partial charge in [0.15, 0.2) is 0 Å². The van der Waals surface area contributed by atoms with Crippen LogP contribution < -0.4 is 5.32 Å². The lowest BCUT2D eigenvalue weighted by Gasteiger charge is -2.28. The van der Waals surface area contributed by atoms with Crippen LogP contribution in [-0.4, -0.2) is 45.7 Å². The first-order valence-electron chi connectivity index (χ1n) is 7.06. The van der Waals surface area contributed by atoms with Gasteiger partial charge in [0.05, 0.1) is 23.5 Å². The molecule has 0 saturated carbocycles. The largest absolute Gasteiger partial charge is 0.444 e. The average Bonchev–Trinajstić information content (AvgIpc) is 2.84. The van der Waals surface area contributed by atoms with Crippen LogP contribution in [0.3, 0.4) is 0 Å². The lowest BCUT2D eigenvalue weighted by Crippen LogP contribution is -2.42. The second kappa shape index (κ2) is 6.47. The van der Waals surface area contributed by atoms with Gasteiger partial charge in [-0.2, -0.15) is 0 Å². The summed E-state index contributed by atoms with van der Waals surface area (Å²) in [6.45, 7) is 6.94. The van der Waals surface area contributed by atoms with Crippen molar-refractivity contribution in [2.24, 2.45) is 0 Å². The van der Waals surface area contributed by atoms with E-state index in [-0.39, 0.29) is 12.1 Å². The maximum Gasteiger partial charge on any atom is 0.410 e. The van der Waals surface area contributed by atoms with Gasteiger partial charge in [-0.1, -0.05) is 11.6 Å². The van der Waals surface area contributed by atoms with E-state index in [1.807, 2.05) is 20.8 Å². The molecule has 1 aliphatic rings. The molecule has 7 heteroatoms. The van der Waals surface area contributed by atoms with E-state index >= 15 is 0 Å². The Morgan fingerprint density at radius 2 is 2.14 bits per heavy atom. The molecule has 0 radical (unpaired) electrons. The summed E-state index contributed by atoms with van der Waals surface area (Å²) in [5.74, 6) is 0.510. The van der Waals surface area contributed by atoms with Gasteiger partial charge in [-0.25, -0.2) is 14.8 Å². The Morgan fingerprint density at radius 1 is 1.48 bits per heavy atom. The summed E-state index contributed by atoms with van der Waals surface area (Å²) < 4.78 is 5.43. The molecule has 1 amide bonds. The normalized spacial score (nSPS) is 18.7. The molecule has 0 aliphatic carbocycles. The number of aromatic nitrogens is 2. The molecule has 0 unspecified atom stereocenters. The molecular weight excluding hydrogens is 292 g/mol. The van der Waals surface area contributed by atoms with Gasteiger partial charge < -0.3 is 15.0 Å². The maximum atomic E-state index is 12.2. The molecule has 1 aliphatic heterocycles. The quantitative estimate of drug-likeness (QED) is 0.929. The Kier molecular flexibility index (Phi) is 4.88. The van der Waals surface area contributed by atoms with Gasteiger partial charge in [-0.05, 0) is 33.6 Å². The molecule has 21 heavy (non-hydrogen) atoms. The number of carbonyl (C=O) groups is 1. The van der Waals surface area contributed by atoms with Gasteiger partial charge in [-0.15, -0.1) is 0 Å². The third kappa shape index (κ3) is 4.74. The molecule has 0 spiro atoms. The molecule has 1 fully saturated rings. The topological polar surface area (TPSA) is 67.3 Å². The molecular formula is C14H21ClN4O2. The smallest absolute Gasteiger partial charge is 0.410 e. The van der Waals surface area contributed by atoms with E-state index < -0.39 is 5.60 Å². The lowest BCUT2D eigenvalue weighted by atomic mass is 10.2. The van der Waals surface area contributed by atoms with Gasteiger partial charge in [0.25, 0.3) is 0 Å². The van der Waals surface area contributed by atoms with Crippen LogP contribution in [0.15, 0.2) is 12.4 Å². The zero-order valence-corrected chi connectivity index (χ0v) is 13.4. The molecule has 1 aromatic rings. The SMILES string of the molecule is CC(C)(C)OC(=O)N1CCC[C@@H]1CNc1ncc(Cl)cn1. The van der Waals surface area contributed by atoms with Crippen LogP contribution in [0.25, 0.3) is 0 Å². The van der Waals surface area contributed by atoms with Gasteiger partial charge in [0, 0.05) is 13.1 Å². The Labute approximate surface area is 129 Å². The number of anilines is 1. The summed E-state index contributed by atoms with van der Waals surface area (Å²) in [7, 11) is 0. The van der Waals surface area contributed by atoms with Crippen molar-refractivity contribution in [1.82, 2.24) is 14.9 Å². The van der Waals surface area contributed by atoms with Crippen molar-refractivity contribution in [2.75, 3.05) is 18.4 Å². The minimum absolute atomic E-state index is 0.0964. The van der Waals surface area contributed by atoms with Gasteiger partial charge in [0.1, 0.15) is 5.60 Å². The molecule has 6 nitrogen and oxygen atoms in total. The fourth-order valence-corrected chi connectivity index (χ4v) is 2.32. The first-order valence-corrected chi connectivity index (χ1v) is 7.44. The number of hydrogen-bond donors (Lipinski definition) is 1. The van der Waals surface area contributed by atoms with Crippen LogP contribution in [0.1, 0.15) is 33.6 Å². The van der Waals surface area contributed by atoms with E-state index in [1.165, 1.54) is 12.4 Å². The van der Waals surface area contributed by atoms with E-state index in [1.54, 1.807) is 4.90 Å². The average molecular weight is 313 g/mol. The van der Waals surface area contributed by atoms with Crippen molar-refractivity contribution in [1.29, 1.82) is 0 Å². The first kappa shape index (κ1) is 15.8. The van der Waals surface area contributed by atoms with Crippen LogP contribution >= 0.6 is 11.6 Å². The highest BCUT2D eigenvalue weighted by Crippen LogP contribution is 2.21. The van der Waals surface area contributed by atoms with E-state index in [0.29, 0.717) is 17.5 Å². The summed E-state index contributed by atoms with van der Waals surface area (Å²) in [5.41, 5.74) is -0.475. The van der Waals surface area contributed by atoms with Crippen LogP contribution in [0.2, 0.25) is 5.02 Å². The summed E-state index contributed by atoms with van der Waals surface area (Å²) >= 11 is 5.74. The predicted octanol–water partition coefficient (Wildman–Crippen LogP) is 2.94. The molecule has 2 heterocycles. The zero-order chi connectivity index (χ0) is 15.5. The summed E-state index contributed by atoms with van der Waals surface area (Å²) in [6, 6.07) is 0.0964. The van der Waals surface area contributed by atoms with E-state index in [9.17, 15) is 4.79 Å². The fourth-order valence-electron chi connectivity index (χ4n) is 2.22. The van der Waals surface area contributed by atoms with E-state index in [4.69, 9.17) is 16.3 Å². The molecule has 0 aromatic carbocycles. The number of nitrogens with zero attached hydrogens (tertiary/aromatic N) is 3. The number of halogens is 1. The number of likely N-dealkylation sites (tertiary alicyclic amines) is 1. The monoisotopic (exact) mass is 312 g/mol. The Bertz CT molecular complexity index is 487.